The molecule has 2 aromatic rings. The predicted octanol–water partition coefficient (Wildman–Crippen LogP) is 2.83. The number of halogens is 3. The number of methoxy groups -OCH3 is 1. The van der Waals surface area contributed by atoms with Gasteiger partial charge in [-0.05, 0) is 12.1 Å². The first-order valence-corrected chi connectivity index (χ1v) is 6.85. The predicted molar refractivity (Wildman–Crippen MR) is 71.6 cm³/mol. The molecular weight excluding hydrogens is 305 g/mol. The third-order valence-corrected chi connectivity index (χ3v) is 3.76. The molecule has 2 heterocycles. The topological polar surface area (TPSA) is 52.3 Å². The molecule has 0 aliphatic carbocycles. The van der Waals surface area contributed by atoms with E-state index in [4.69, 9.17) is 4.74 Å². The summed E-state index contributed by atoms with van der Waals surface area (Å²) in [6.07, 6.45) is -4.46. The van der Waals surface area contributed by atoms with Crippen molar-refractivity contribution in [3.8, 4) is 17.1 Å². The zero-order chi connectivity index (χ0) is 15.0. The van der Waals surface area contributed by atoms with Crippen molar-refractivity contribution >= 4 is 17.5 Å². The monoisotopic (exact) mass is 314 g/mol. The van der Waals surface area contributed by atoms with Crippen LogP contribution in [-0.2, 0) is 0 Å². The Kier molecular flexibility index (Phi) is 3.36. The highest BCUT2D eigenvalue weighted by Gasteiger charge is 2.38. The van der Waals surface area contributed by atoms with Gasteiger partial charge in [-0.3, -0.25) is 0 Å². The molecule has 0 radical (unpaired) electrons. The van der Waals surface area contributed by atoms with Crippen LogP contribution < -0.4 is 4.74 Å². The summed E-state index contributed by atoms with van der Waals surface area (Å²) < 4.78 is 44.5. The molecule has 1 aromatic heterocycles. The number of thioether (sulfide) groups is 1. The fraction of sp³-hybridized carbons (Fsp3) is 0.250. The van der Waals surface area contributed by atoms with Crippen LogP contribution >= 0.6 is 11.8 Å². The van der Waals surface area contributed by atoms with Crippen LogP contribution in [0.1, 0.15) is 0 Å². The minimum atomic E-state index is -4.46. The van der Waals surface area contributed by atoms with E-state index in [1.807, 2.05) is 0 Å². The molecule has 21 heavy (non-hydrogen) atoms. The number of fused-ring (bicyclic) bond motifs is 1. The van der Waals surface area contributed by atoms with Gasteiger partial charge >= 0.3 is 6.18 Å². The van der Waals surface area contributed by atoms with Crippen LogP contribution in [0.2, 0.25) is 0 Å². The lowest BCUT2D eigenvalue weighted by atomic mass is 10.2. The normalized spacial score (nSPS) is 14.6. The number of benzene rings is 1. The maximum atomic E-state index is 12.8. The first-order valence-electron chi connectivity index (χ1n) is 5.87. The van der Waals surface area contributed by atoms with E-state index in [0.29, 0.717) is 16.5 Å². The SMILES string of the molecule is COc1cccc(-c2nnc3n2N=C(C(F)(F)F)CS3)c1. The van der Waals surface area contributed by atoms with Crippen molar-refractivity contribution in [2.75, 3.05) is 12.9 Å². The summed E-state index contributed by atoms with van der Waals surface area (Å²) in [7, 11) is 1.51. The van der Waals surface area contributed by atoms with Crippen LogP contribution in [0.25, 0.3) is 11.4 Å². The van der Waals surface area contributed by atoms with Crippen molar-refractivity contribution in [3.05, 3.63) is 24.3 Å². The van der Waals surface area contributed by atoms with Crippen molar-refractivity contribution in [3.63, 3.8) is 0 Å². The Hall–Kier alpha value is -2.03. The van der Waals surface area contributed by atoms with Crippen LogP contribution in [0.3, 0.4) is 0 Å². The zero-order valence-electron chi connectivity index (χ0n) is 10.8. The molecule has 0 bridgehead atoms. The van der Waals surface area contributed by atoms with Gasteiger partial charge in [0.05, 0.1) is 12.9 Å². The summed E-state index contributed by atoms with van der Waals surface area (Å²) in [6.45, 7) is 0. The van der Waals surface area contributed by atoms with E-state index >= 15 is 0 Å². The highest BCUT2D eigenvalue weighted by atomic mass is 32.2. The van der Waals surface area contributed by atoms with Gasteiger partial charge in [-0.15, -0.1) is 10.2 Å². The van der Waals surface area contributed by atoms with Gasteiger partial charge in [0.15, 0.2) is 11.5 Å². The maximum Gasteiger partial charge on any atom is 0.432 e. The van der Waals surface area contributed by atoms with Crippen LogP contribution in [0.5, 0.6) is 5.75 Å². The molecule has 3 rings (SSSR count). The molecule has 9 heteroatoms. The zero-order valence-corrected chi connectivity index (χ0v) is 11.6. The average Bonchev–Trinajstić information content (AvgIpc) is 2.89. The summed E-state index contributed by atoms with van der Waals surface area (Å²) in [4.78, 5) is 0. The minimum Gasteiger partial charge on any atom is -0.497 e. The molecule has 5 nitrogen and oxygen atoms in total. The van der Waals surface area contributed by atoms with E-state index in [-0.39, 0.29) is 11.6 Å². The van der Waals surface area contributed by atoms with Gasteiger partial charge in [0.25, 0.3) is 0 Å². The fourth-order valence-corrected chi connectivity index (χ4v) is 2.64. The van der Waals surface area contributed by atoms with Gasteiger partial charge in [-0.1, -0.05) is 23.9 Å². The third kappa shape index (κ3) is 2.60. The molecule has 110 valence electrons. The molecule has 1 aliphatic heterocycles. The summed E-state index contributed by atoms with van der Waals surface area (Å²) in [5, 5.41) is 11.8. The van der Waals surface area contributed by atoms with Gasteiger partial charge in [0.1, 0.15) is 5.75 Å². The number of ether oxygens (including phenoxy) is 1. The molecule has 0 unspecified atom stereocenters. The van der Waals surface area contributed by atoms with E-state index in [0.717, 1.165) is 16.4 Å². The van der Waals surface area contributed by atoms with Crippen molar-refractivity contribution in [1.29, 1.82) is 0 Å². The van der Waals surface area contributed by atoms with E-state index in [1.165, 1.54) is 7.11 Å². The number of hydrogen-bond acceptors (Lipinski definition) is 5. The second kappa shape index (κ2) is 5.06. The van der Waals surface area contributed by atoms with Gasteiger partial charge < -0.3 is 4.74 Å². The Morgan fingerprint density at radius 3 is 2.81 bits per heavy atom. The van der Waals surface area contributed by atoms with Crippen LogP contribution in [0.15, 0.2) is 34.5 Å². The molecule has 1 aromatic carbocycles. The van der Waals surface area contributed by atoms with Crippen LogP contribution in [0, 0.1) is 0 Å². The summed E-state index contributed by atoms with van der Waals surface area (Å²) >= 11 is 0.956. The first kappa shape index (κ1) is 13.9. The molecular formula is C12H9F3N4OS. The molecule has 0 atom stereocenters. The fourth-order valence-electron chi connectivity index (χ4n) is 1.81. The van der Waals surface area contributed by atoms with Crippen molar-refractivity contribution in [2.45, 2.75) is 11.3 Å². The minimum absolute atomic E-state index is 0.248. The molecule has 1 aliphatic rings. The lowest BCUT2D eigenvalue weighted by Crippen LogP contribution is -2.28. The molecule has 0 saturated heterocycles. The third-order valence-electron chi connectivity index (χ3n) is 2.83. The summed E-state index contributed by atoms with van der Waals surface area (Å²) in [6, 6.07) is 6.83. The number of aromatic nitrogens is 3. The highest BCUT2D eigenvalue weighted by molar-refractivity contribution is 7.99. The second-order valence-electron chi connectivity index (χ2n) is 4.18. The van der Waals surface area contributed by atoms with Crippen molar-refractivity contribution in [2.24, 2.45) is 5.10 Å². The van der Waals surface area contributed by atoms with E-state index < -0.39 is 11.9 Å². The smallest absolute Gasteiger partial charge is 0.432 e. The number of alkyl halides is 3. The quantitative estimate of drug-likeness (QED) is 0.855. The molecule has 0 amide bonds. The van der Waals surface area contributed by atoms with E-state index in [1.54, 1.807) is 24.3 Å². The molecule has 0 saturated carbocycles. The Morgan fingerprint density at radius 2 is 2.10 bits per heavy atom. The Labute approximate surface area is 121 Å². The lowest BCUT2D eigenvalue weighted by molar-refractivity contribution is -0.0595. The number of rotatable bonds is 2. The second-order valence-corrected chi connectivity index (χ2v) is 5.13. The molecule has 0 fully saturated rings. The summed E-state index contributed by atoms with van der Waals surface area (Å²) in [5.41, 5.74) is -0.273. The van der Waals surface area contributed by atoms with E-state index in [2.05, 4.69) is 15.3 Å². The van der Waals surface area contributed by atoms with Crippen molar-refractivity contribution < 1.29 is 17.9 Å². The Morgan fingerprint density at radius 1 is 1.29 bits per heavy atom. The van der Waals surface area contributed by atoms with Gasteiger partial charge in [-0.2, -0.15) is 22.9 Å². The van der Waals surface area contributed by atoms with E-state index in [9.17, 15) is 13.2 Å². The van der Waals surface area contributed by atoms with Gasteiger partial charge in [0.2, 0.25) is 5.16 Å². The molecule has 0 N–H and O–H groups in total. The van der Waals surface area contributed by atoms with Crippen molar-refractivity contribution in [1.82, 2.24) is 14.9 Å². The van der Waals surface area contributed by atoms with Crippen LogP contribution in [0.4, 0.5) is 13.2 Å². The maximum absolute atomic E-state index is 12.8. The lowest BCUT2D eigenvalue weighted by Gasteiger charge is -2.15. The standard InChI is InChI=1S/C12H9F3N4OS/c1-20-8-4-2-3-7(5-8)10-16-17-11-19(10)18-9(6-21-11)12(13,14)15/h2-5H,6H2,1H3. The van der Waals surface area contributed by atoms with Gasteiger partial charge in [-0.25, -0.2) is 0 Å². The summed E-state index contributed by atoms with van der Waals surface area (Å²) in [5.74, 6) is 0.561. The Balaban J connectivity index is 2.08. The average molecular weight is 314 g/mol. The number of hydrogen-bond donors (Lipinski definition) is 0. The largest absolute Gasteiger partial charge is 0.497 e. The molecule has 0 spiro atoms. The Bertz CT molecular complexity index is 711. The number of nitrogens with zero attached hydrogens (tertiary/aromatic N) is 4. The van der Waals surface area contributed by atoms with Gasteiger partial charge in [0, 0.05) is 5.56 Å². The first-order chi connectivity index (χ1) is 9.99. The highest BCUT2D eigenvalue weighted by Crippen LogP contribution is 2.32. The van der Waals surface area contributed by atoms with Crippen LogP contribution in [-0.4, -0.2) is 39.6 Å².